The maximum Gasteiger partial charge on any atom is 0.335 e. The van der Waals surface area contributed by atoms with E-state index >= 15 is 0 Å². The second kappa shape index (κ2) is 7.24. The van der Waals surface area contributed by atoms with Gasteiger partial charge >= 0.3 is 5.97 Å². The summed E-state index contributed by atoms with van der Waals surface area (Å²) in [5.74, 6) is -1.60. The largest absolute Gasteiger partial charge is 0.478 e. The summed E-state index contributed by atoms with van der Waals surface area (Å²) in [5, 5.41) is 11.3. The first-order valence-corrected chi connectivity index (χ1v) is 8.39. The molecule has 0 fully saturated rings. The van der Waals surface area contributed by atoms with Gasteiger partial charge in [0.25, 0.3) is 0 Å². The molecule has 2 aromatic rings. The lowest BCUT2D eigenvalue weighted by molar-refractivity contribution is -0.116. The Kier molecular flexibility index (Phi) is 5.32. The van der Waals surface area contributed by atoms with Crippen molar-refractivity contribution in [2.75, 3.05) is 18.9 Å². The molecule has 0 aliphatic carbocycles. The average molecular weight is 348 g/mol. The summed E-state index contributed by atoms with van der Waals surface area (Å²) in [6, 6.07) is 13.4. The first-order chi connectivity index (χ1) is 11.3. The highest BCUT2D eigenvalue weighted by Gasteiger charge is 2.22. The van der Waals surface area contributed by atoms with Crippen molar-refractivity contribution in [3.05, 3.63) is 60.2 Å². The zero-order chi connectivity index (χ0) is 17.7. The molecule has 0 saturated heterocycles. The standard InChI is InChI=1S/C16H16N2O5S/c1-18(24(22,23)14-5-3-2-4-6-14)11-15(19)17-13-9-7-12(8-10-13)16(20)21/h2-10H,11H2,1H3,(H,17,19)(H,20,21). The summed E-state index contributed by atoms with van der Waals surface area (Å²) in [4.78, 5) is 22.9. The van der Waals surface area contributed by atoms with Gasteiger partial charge in [-0.3, -0.25) is 4.79 Å². The van der Waals surface area contributed by atoms with Crippen LogP contribution in [-0.2, 0) is 14.8 Å². The maximum absolute atomic E-state index is 12.3. The van der Waals surface area contributed by atoms with E-state index in [1.807, 2.05) is 0 Å². The molecule has 0 atom stereocenters. The summed E-state index contributed by atoms with van der Waals surface area (Å²) in [6.07, 6.45) is 0. The van der Waals surface area contributed by atoms with E-state index in [0.717, 1.165) is 4.31 Å². The fourth-order valence-electron chi connectivity index (χ4n) is 1.96. The number of rotatable bonds is 6. The number of carboxylic acids is 1. The van der Waals surface area contributed by atoms with Crippen molar-refractivity contribution in [3.63, 3.8) is 0 Å². The highest BCUT2D eigenvalue weighted by molar-refractivity contribution is 7.89. The van der Waals surface area contributed by atoms with Crippen molar-refractivity contribution in [1.82, 2.24) is 4.31 Å². The lowest BCUT2D eigenvalue weighted by atomic mass is 10.2. The number of hydrogen-bond donors (Lipinski definition) is 2. The summed E-state index contributed by atoms with van der Waals surface area (Å²) in [6.45, 7) is -0.363. The number of carbonyl (C=O) groups is 2. The van der Waals surface area contributed by atoms with Crippen molar-refractivity contribution in [2.45, 2.75) is 4.90 Å². The Bertz CT molecular complexity index is 833. The Hall–Kier alpha value is -2.71. The third-order valence-corrected chi connectivity index (χ3v) is 5.05. The molecule has 0 aromatic heterocycles. The minimum Gasteiger partial charge on any atom is -0.478 e. The van der Waals surface area contributed by atoms with Crippen LogP contribution in [0.1, 0.15) is 10.4 Å². The molecule has 0 heterocycles. The lowest BCUT2D eigenvalue weighted by Gasteiger charge is -2.16. The van der Waals surface area contributed by atoms with E-state index in [2.05, 4.69) is 5.32 Å². The number of likely N-dealkylation sites (N-methyl/N-ethyl adjacent to an activating group) is 1. The Morgan fingerprint density at radius 1 is 1.04 bits per heavy atom. The smallest absolute Gasteiger partial charge is 0.335 e. The Morgan fingerprint density at radius 2 is 1.62 bits per heavy atom. The monoisotopic (exact) mass is 348 g/mol. The van der Waals surface area contributed by atoms with Crippen molar-refractivity contribution >= 4 is 27.6 Å². The Balaban J connectivity index is 2.02. The van der Waals surface area contributed by atoms with Crippen LogP contribution >= 0.6 is 0 Å². The molecule has 0 spiro atoms. The third-order valence-electron chi connectivity index (χ3n) is 3.23. The van der Waals surface area contributed by atoms with Crippen LogP contribution in [-0.4, -0.2) is 43.3 Å². The predicted octanol–water partition coefficient (Wildman–Crippen LogP) is 1.64. The molecule has 0 saturated carbocycles. The van der Waals surface area contributed by atoms with Gasteiger partial charge in [0, 0.05) is 12.7 Å². The van der Waals surface area contributed by atoms with E-state index in [1.54, 1.807) is 18.2 Å². The van der Waals surface area contributed by atoms with Gasteiger partial charge in [-0.15, -0.1) is 0 Å². The number of benzene rings is 2. The van der Waals surface area contributed by atoms with Crippen molar-refractivity contribution < 1.29 is 23.1 Å². The number of amides is 1. The number of anilines is 1. The first-order valence-electron chi connectivity index (χ1n) is 6.95. The molecule has 7 nitrogen and oxygen atoms in total. The van der Waals surface area contributed by atoms with Gasteiger partial charge in [0.05, 0.1) is 17.0 Å². The minimum absolute atomic E-state index is 0.0942. The number of carbonyl (C=O) groups excluding carboxylic acids is 1. The molecule has 0 aliphatic heterocycles. The van der Waals surface area contributed by atoms with E-state index < -0.39 is 21.9 Å². The Labute approximate surface area is 139 Å². The summed E-state index contributed by atoms with van der Waals surface area (Å²) in [7, 11) is -2.43. The zero-order valence-corrected chi connectivity index (χ0v) is 13.7. The Morgan fingerprint density at radius 3 is 2.17 bits per heavy atom. The van der Waals surface area contributed by atoms with Gasteiger partial charge in [-0.25, -0.2) is 13.2 Å². The van der Waals surface area contributed by atoms with E-state index in [0.29, 0.717) is 5.69 Å². The number of carboxylic acid groups (broad SMARTS) is 1. The predicted molar refractivity (Wildman–Crippen MR) is 88.3 cm³/mol. The molecule has 0 aliphatic rings. The molecule has 126 valence electrons. The van der Waals surface area contributed by atoms with E-state index in [4.69, 9.17) is 5.11 Å². The first kappa shape index (κ1) is 17.6. The number of hydrogen-bond acceptors (Lipinski definition) is 4. The highest BCUT2D eigenvalue weighted by Crippen LogP contribution is 2.14. The molecule has 2 aromatic carbocycles. The molecule has 2 rings (SSSR count). The number of aromatic carboxylic acids is 1. The molecule has 0 bridgehead atoms. The molecule has 1 amide bonds. The molecule has 8 heteroatoms. The van der Waals surface area contributed by atoms with E-state index in [-0.39, 0.29) is 17.0 Å². The lowest BCUT2D eigenvalue weighted by Crippen LogP contribution is -2.34. The quantitative estimate of drug-likeness (QED) is 0.826. The van der Waals surface area contributed by atoms with Crippen LogP contribution in [0.5, 0.6) is 0 Å². The average Bonchev–Trinajstić information content (AvgIpc) is 2.56. The third kappa shape index (κ3) is 4.18. The van der Waals surface area contributed by atoms with Gasteiger partial charge in [0.15, 0.2) is 0 Å². The SMILES string of the molecule is CN(CC(=O)Nc1ccc(C(=O)O)cc1)S(=O)(=O)c1ccccc1. The maximum atomic E-state index is 12.3. The van der Waals surface area contributed by atoms with Gasteiger partial charge in [-0.1, -0.05) is 18.2 Å². The van der Waals surface area contributed by atoms with Crippen LogP contribution in [0.25, 0.3) is 0 Å². The van der Waals surface area contributed by atoms with Crippen molar-refractivity contribution in [2.24, 2.45) is 0 Å². The molecular formula is C16H16N2O5S. The fourth-order valence-corrected chi connectivity index (χ4v) is 3.10. The fraction of sp³-hybridized carbons (Fsp3) is 0.125. The van der Waals surface area contributed by atoms with Crippen LogP contribution < -0.4 is 5.32 Å². The summed E-state index contributed by atoms with van der Waals surface area (Å²) in [5.41, 5.74) is 0.479. The summed E-state index contributed by atoms with van der Waals surface area (Å²) >= 11 is 0. The van der Waals surface area contributed by atoms with Crippen LogP contribution in [0.2, 0.25) is 0 Å². The highest BCUT2D eigenvalue weighted by atomic mass is 32.2. The van der Waals surface area contributed by atoms with Crippen molar-refractivity contribution in [1.29, 1.82) is 0 Å². The molecular weight excluding hydrogens is 332 g/mol. The van der Waals surface area contributed by atoms with Crippen LogP contribution in [0.3, 0.4) is 0 Å². The molecule has 24 heavy (non-hydrogen) atoms. The van der Waals surface area contributed by atoms with Gasteiger partial charge in [-0.2, -0.15) is 4.31 Å². The number of nitrogens with zero attached hydrogens (tertiary/aromatic N) is 1. The second-order valence-electron chi connectivity index (χ2n) is 5.00. The van der Waals surface area contributed by atoms with Crippen LogP contribution in [0.15, 0.2) is 59.5 Å². The zero-order valence-electron chi connectivity index (χ0n) is 12.8. The molecule has 0 unspecified atom stereocenters. The molecule has 0 radical (unpaired) electrons. The van der Waals surface area contributed by atoms with Gasteiger partial charge in [-0.05, 0) is 36.4 Å². The summed E-state index contributed by atoms with van der Waals surface area (Å²) < 4.78 is 25.6. The minimum atomic E-state index is -3.75. The van der Waals surface area contributed by atoms with E-state index in [9.17, 15) is 18.0 Å². The van der Waals surface area contributed by atoms with E-state index in [1.165, 1.54) is 43.4 Å². The normalized spacial score (nSPS) is 11.2. The van der Waals surface area contributed by atoms with Crippen LogP contribution in [0.4, 0.5) is 5.69 Å². The van der Waals surface area contributed by atoms with Gasteiger partial charge < -0.3 is 10.4 Å². The van der Waals surface area contributed by atoms with Gasteiger partial charge in [0.1, 0.15) is 0 Å². The molecule has 2 N–H and O–H groups in total. The number of nitrogens with one attached hydrogen (secondary N) is 1. The number of sulfonamides is 1. The van der Waals surface area contributed by atoms with Crippen LogP contribution in [0, 0.1) is 0 Å². The van der Waals surface area contributed by atoms with Crippen molar-refractivity contribution in [3.8, 4) is 0 Å². The van der Waals surface area contributed by atoms with Gasteiger partial charge in [0.2, 0.25) is 15.9 Å². The second-order valence-corrected chi connectivity index (χ2v) is 7.05. The topological polar surface area (TPSA) is 104 Å².